The molecule has 1 aromatic rings. The van der Waals surface area contributed by atoms with Gasteiger partial charge in [0.2, 0.25) is 5.91 Å². The molecule has 1 unspecified atom stereocenters. The quantitative estimate of drug-likeness (QED) is 0.904. The first-order valence-electron chi connectivity index (χ1n) is 10.2. The van der Waals surface area contributed by atoms with E-state index in [1.807, 2.05) is 18.2 Å². The third-order valence-electron chi connectivity index (χ3n) is 6.49. The van der Waals surface area contributed by atoms with Gasteiger partial charge in [0.25, 0.3) is 0 Å². The van der Waals surface area contributed by atoms with E-state index in [0.29, 0.717) is 11.9 Å². The maximum atomic E-state index is 12.5. The highest BCUT2D eigenvalue weighted by Crippen LogP contribution is 2.41. The Bertz CT molecular complexity index is 628. The number of nitrogens with zero attached hydrogens (tertiary/aromatic N) is 2. The van der Waals surface area contributed by atoms with Crippen LogP contribution in [0.4, 0.5) is 0 Å². The Hall–Kier alpha value is -1.65. The second kappa shape index (κ2) is 7.93. The van der Waals surface area contributed by atoms with E-state index in [9.17, 15) is 4.79 Å². The van der Waals surface area contributed by atoms with Crippen molar-refractivity contribution in [2.45, 2.75) is 38.1 Å². The van der Waals surface area contributed by atoms with E-state index in [2.05, 4.69) is 39.4 Å². The molecule has 0 aromatic heterocycles. The van der Waals surface area contributed by atoms with Gasteiger partial charge in [0.1, 0.15) is 0 Å². The number of amides is 1. The lowest BCUT2D eigenvalue weighted by molar-refractivity contribution is -0.127. The van der Waals surface area contributed by atoms with Gasteiger partial charge in [0.05, 0.1) is 0 Å². The zero-order valence-corrected chi connectivity index (χ0v) is 15.7. The van der Waals surface area contributed by atoms with Crippen molar-refractivity contribution in [3.63, 3.8) is 0 Å². The normalized spacial score (nSPS) is 26.8. The van der Waals surface area contributed by atoms with Crippen LogP contribution in [0, 0.1) is 5.41 Å². The molecular formula is C22H31N3O. The molecule has 26 heavy (non-hydrogen) atoms. The highest BCUT2D eigenvalue weighted by atomic mass is 16.2. The van der Waals surface area contributed by atoms with Gasteiger partial charge in [-0.05, 0) is 56.3 Å². The summed E-state index contributed by atoms with van der Waals surface area (Å²) >= 11 is 0. The molecule has 0 saturated carbocycles. The summed E-state index contributed by atoms with van der Waals surface area (Å²) in [6, 6.07) is 11.0. The van der Waals surface area contributed by atoms with Crippen LogP contribution in [0.3, 0.4) is 0 Å². The minimum atomic E-state index is 0.232. The molecular weight excluding hydrogens is 322 g/mol. The number of piperidine rings is 2. The van der Waals surface area contributed by atoms with Gasteiger partial charge >= 0.3 is 0 Å². The van der Waals surface area contributed by atoms with Crippen molar-refractivity contribution in [3.05, 3.63) is 42.0 Å². The molecule has 3 fully saturated rings. The van der Waals surface area contributed by atoms with Gasteiger partial charge in [-0.1, -0.05) is 42.5 Å². The molecule has 3 heterocycles. The lowest BCUT2D eigenvalue weighted by Gasteiger charge is -2.43. The van der Waals surface area contributed by atoms with Crippen LogP contribution < -0.4 is 5.32 Å². The molecule has 0 bridgehead atoms. The maximum absolute atomic E-state index is 12.5. The van der Waals surface area contributed by atoms with Crippen molar-refractivity contribution in [2.24, 2.45) is 5.41 Å². The van der Waals surface area contributed by atoms with Crippen LogP contribution in [-0.2, 0) is 4.79 Å². The number of carbonyl (C=O) groups is 1. The molecule has 1 N–H and O–H groups in total. The van der Waals surface area contributed by atoms with Crippen molar-refractivity contribution >= 4 is 12.0 Å². The molecule has 1 atom stereocenters. The Morgan fingerprint density at radius 3 is 2.73 bits per heavy atom. The lowest BCUT2D eigenvalue weighted by atomic mass is 9.77. The topological polar surface area (TPSA) is 35.6 Å². The Labute approximate surface area is 157 Å². The molecule has 4 heteroatoms. The van der Waals surface area contributed by atoms with Crippen LogP contribution in [0.2, 0.25) is 0 Å². The fourth-order valence-electron chi connectivity index (χ4n) is 4.87. The zero-order valence-electron chi connectivity index (χ0n) is 15.7. The molecule has 3 saturated heterocycles. The fraction of sp³-hybridized carbons (Fsp3) is 0.591. The largest absolute Gasteiger partial charge is 0.338 e. The smallest absolute Gasteiger partial charge is 0.223 e. The van der Waals surface area contributed by atoms with E-state index < -0.39 is 0 Å². The number of rotatable bonds is 4. The monoisotopic (exact) mass is 353 g/mol. The fourth-order valence-corrected chi connectivity index (χ4v) is 4.87. The summed E-state index contributed by atoms with van der Waals surface area (Å²) in [6.07, 6.45) is 9.99. The summed E-state index contributed by atoms with van der Waals surface area (Å²) in [5, 5.41) is 3.53. The molecule has 4 nitrogen and oxygen atoms in total. The number of benzene rings is 1. The summed E-state index contributed by atoms with van der Waals surface area (Å²) < 4.78 is 0. The average molecular weight is 354 g/mol. The average Bonchev–Trinajstić information content (AvgIpc) is 2.99. The molecule has 3 aliphatic heterocycles. The minimum absolute atomic E-state index is 0.232. The van der Waals surface area contributed by atoms with E-state index in [4.69, 9.17) is 0 Å². The van der Waals surface area contributed by atoms with Gasteiger partial charge in [-0.25, -0.2) is 0 Å². The van der Waals surface area contributed by atoms with Gasteiger partial charge in [-0.15, -0.1) is 0 Å². The number of nitrogens with one attached hydrogen (secondary N) is 1. The Morgan fingerprint density at radius 2 is 2.00 bits per heavy atom. The summed E-state index contributed by atoms with van der Waals surface area (Å²) in [7, 11) is 0. The first kappa shape index (κ1) is 17.7. The van der Waals surface area contributed by atoms with Crippen molar-refractivity contribution in [2.75, 3.05) is 39.3 Å². The van der Waals surface area contributed by atoms with E-state index in [0.717, 1.165) is 39.1 Å². The molecule has 0 aliphatic carbocycles. The molecule has 0 radical (unpaired) electrons. The Balaban J connectivity index is 1.29. The predicted molar refractivity (Wildman–Crippen MR) is 106 cm³/mol. The van der Waals surface area contributed by atoms with Gasteiger partial charge in [0, 0.05) is 32.1 Å². The first-order valence-corrected chi connectivity index (χ1v) is 10.2. The standard InChI is InChI=1S/C22H31N3O/c26-21-16-22(10-14-24(15-11-22)20-9-4-12-23-17-20)18-25(21)13-5-8-19-6-2-1-3-7-19/h1-3,5-8,20,23H,4,9-18H2. The van der Waals surface area contributed by atoms with Crippen LogP contribution in [0.1, 0.15) is 37.7 Å². The summed E-state index contributed by atoms with van der Waals surface area (Å²) in [6.45, 7) is 6.32. The minimum Gasteiger partial charge on any atom is -0.338 e. The van der Waals surface area contributed by atoms with Crippen LogP contribution in [0.25, 0.3) is 6.08 Å². The van der Waals surface area contributed by atoms with E-state index in [1.54, 1.807) is 0 Å². The Kier molecular flexibility index (Phi) is 5.41. The third kappa shape index (κ3) is 4.02. The second-order valence-corrected chi connectivity index (χ2v) is 8.30. The molecule has 1 spiro atoms. The van der Waals surface area contributed by atoms with E-state index in [1.165, 1.54) is 37.8 Å². The SMILES string of the molecule is O=C1CC2(CCN(C3CCCNC3)CC2)CN1CC=Cc1ccccc1. The van der Waals surface area contributed by atoms with Crippen LogP contribution >= 0.6 is 0 Å². The number of carbonyl (C=O) groups excluding carboxylic acids is 1. The third-order valence-corrected chi connectivity index (χ3v) is 6.49. The highest BCUT2D eigenvalue weighted by molar-refractivity contribution is 5.79. The summed E-state index contributed by atoms with van der Waals surface area (Å²) in [5.74, 6) is 0.343. The summed E-state index contributed by atoms with van der Waals surface area (Å²) in [5.41, 5.74) is 1.43. The van der Waals surface area contributed by atoms with E-state index >= 15 is 0 Å². The van der Waals surface area contributed by atoms with Crippen LogP contribution in [0.15, 0.2) is 36.4 Å². The number of hydrogen-bond donors (Lipinski definition) is 1. The van der Waals surface area contributed by atoms with Crippen molar-refractivity contribution < 1.29 is 4.79 Å². The maximum Gasteiger partial charge on any atom is 0.223 e. The number of hydrogen-bond acceptors (Lipinski definition) is 3. The molecule has 3 aliphatic rings. The van der Waals surface area contributed by atoms with Crippen molar-refractivity contribution in [1.82, 2.24) is 15.1 Å². The zero-order chi connectivity index (χ0) is 17.8. The first-order chi connectivity index (χ1) is 12.7. The van der Waals surface area contributed by atoms with Crippen LogP contribution in [-0.4, -0.2) is 61.0 Å². The van der Waals surface area contributed by atoms with Gasteiger partial charge in [-0.3, -0.25) is 9.69 Å². The van der Waals surface area contributed by atoms with Gasteiger partial charge < -0.3 is 10.2 Å². The molecule has 1 amide bonds. The number of likely N-dealkylation sites (tertiary alicyclic amines) is 2. The molecule has 1 aromatic carbocycles. The predicted octanol–water partition coefficient (Wildman–Crippen LogP) is 2.77. The summed E-state index contributed by atoms with van der Waals surface area (Å²) in [4.78, 5) is 17.3. The Morgan fingerprint density at radius 1 is 1.19 bits per heavy atom. The van der Waals surface area contributed by atoms with Crippen molar-refractivity contribution in [3.8, 4) is 0 Å². The van der Waals surface area contributed by atoms with E-state index in [-0.39, 0.29) is 5.41 Å². The van der Waals surface area contributed by atoms with Crippen molar-refractivity contribution in [1.29, 1.82) is 0 Å². The lowest BCUT2D eigenvalue weighted by Crippen LogP contribution is -2.51. The molecule has 4 rings (SSSR count). The second-order valence-electron chi connectivity index (χ2n) is 8.30. The van der Waals surface area contributed by atoms with Gasteiger partial charge in [-0.2, -0.15) is 0 Å². The van der Waals surface area contributed by atoms with Crippen LogP contribution in [0.5, 0.6) is 0 Å². The van der Waals surface area contributed by atoms with Gasteiger partial charge in [0.15, 0.2) is 0 Å². The highest BCUT2D eigenvalue weighted by Gasteiger charge is 2.45. The molecule has 140 valence electrons.